The maximum Gasteiger partial charge on any atom is 0.317 e. The number of rotatable bonds is 6. The topological polar surface area (TPSA) is 68.0 Å². The first-order valence-corrected chi connectivity index (χ1v) is 8.12. The summed E-state index contributed by atoms with van der Waals surface area (Å²) in [5.74, 6) is 0. The molecule has 0 aliphatic rings. The molecule has 0 unspecified atom stereocenters. The molecule has 2 heterocycles. The average Bonchev–Trinajstić information content (AvgIpc) is 3.25. The third-order valence-electron chi connectivity index (χ3n) is 3.96. The maximum absolute atomic E-state index is 12.3. The zero-order valence-electron chi connectivity index (χ0n) is 14.5. The SMILES string of the molecule is CN(Cc1cnn(C)c1)C(=O)NCc1ccccc1Cn1cccn1. The van der Waals surface area contributed by atoms with Crippen LogP contribution in [0.2, 0.25) is 0 Å². The summed E-state index contributed by atoms with van der Waals surface area (Å²) in [5, 5.41) is 11.3. The molecule has 0 atom stereocenters. The number of nitrogens with one attached hydrogen (secondary N) is 1. The molecule has 0 saturated carbocycles. The van der Waals surface area contributed by atoms with Crippen LogP contribution in [0, 0.1) is 0 Å². The summed E-state index contributed by atoms with van der Waals surface area (Å²) in [4.78, 5) is 14.0. The van der Waals surface area contributed by atoms with Crippen molar-refractivity contribution in [3.63, 3.8) is 0 Å². The summed E-state index contributed by atoms with van der Waals surface area (Å²) in [7, 11) is 3.64. The van der Waals surface area contributed by atoms with Crippen LogP contribution >= 0.6 is 0 Å². The first kappa shape index (κ1) is 16.8. The Morgan fingerprint density at radius 2 is 2.00 bits per heavy atom. The predicted molar refractivity (Wildman–Crippen MR) is 94.7 cm³/mol. The molecule has 7 heteroatoms. The molecule has 3 rings (SSSR count). The van der Waals surface area contributed by atoms with Crippen molar-refractivity contribution in [3.05, 3.63) is 71.8 Å². The van der Waals surface area contributed by atoms with Gasteiger partial charge in [0, 0.05) is 44.8 Å². The van der Waals surface area contributed by atoms with Crippen molar-refractivity contribution in [2.75, 3.05) is 7.05 Å². The van der Waals surface area contributed by atoms with E-state index in [1.807, 2.05) is 48.4 Å². The van der Waals surface area contributed by atoms with Crippen molar-refractivity contribution in [1.29, 1.82) is 0 Å². The molecule has 0 bridgehead atoms. The molecular weight excluding hydrogens is 316 g/mol. The predicted octanol–water partition coefficient (Wildman–Crippen LogP) is 2.01. The van der Waals surface area contributed by atoms with Crippen LogP contribution in [0.15, 0.2) is 55.1 Å². The van der Waals surface area contributed by atoms with Gasteiger partial charge in [-0.2, -0.15) is 10.2 Å². The third kappa shape index (κ3) is 4.47. The Morgan fingerprint density at radius 1 is 1.20 bits per heavy atom. The number of carbonyl (C=O) groups excluding carboxylic acids is 1. The van der Waals surface area contributed by atoms with Gasteiger partial charge in [0.2, 0.25) is 0 Å². The molecule has 1 N–H and O–H groups in total. The molecule has 130 valence electrons. The molecular formula is C18H22N6O. The molecule has 25 heavy (non-hydrogen) atoms. The fourth-order valence-electron chi connectivity index (χ4n) is 2.66. The molecule has 7 nitrogen and oxygen atoms in total. The Balaban J connectivity index is 1.58. The van der Waals surface area contributed by atoms with Crippen LogP contribution in [-0.2, 0) is 26.7 Å². The zero-order chi connectivity index (χ0) is 17.6. The number of urea groups is 1. The Kier molecular flexibility index (Phi) is 5.13. The van der Waals surface area contributed by atoms with Crippen LogP contribution in [0.4, 0.5) is 4.79 Å². The minimum absolute atomic E-state index is 0.113. The second-order valence-corrected chi connectivity index (χ2v) is 6.01. The molecule has 0 spiro atoms. The summed E-state index contributed by atoms with van der Waals surface area (Å²) < 4.78 is 3.60. The van der Waals surface area contributed by atoms with Crippen molar-refractivity contribution >= 4 is 6.03 Å². The number of nitrogens with zero attached hydrogens (tertiary/aromatic N) is 5. The highest BCUT2D eigenvalue weighted by Crippen LogP contribution is 2.10. The number of aryl methyl sites for hydroxylation is 1. The van der Waals surface area contributed by atoms with Crippen molar-refractivity contribution in [3.8, 4) is 0 Å². The Bertz CT molecular complexity index is 824. The van der Waals surface area contributed by atoms with Crippen LogP contribution in [0.5, 0.6) is 0 Å². The van der Waals surface area contributed by atoms with E-state index in [0.29, 0.717) is 19.6 Å². The van der Waals surface area contributed by atoms with E-state index < -0.39 is 0 Å². The summed E-state index contributed by atoms with van der Waals surface area (Å²) in [5.41, 5.74) is 3.22. The van der Waals surface area contributed by atoms with Gasteiger partial charge in [-0.05, 0) is 17.2 Å². The summed E-state index contributed by atoms with van der Waals surface area (Å²) in [6, 6.07) is 9.85. The maximum atomic E-state index is 12.3. The van der Waals surface area contributed by atoms with E-state index in [9.17, 15) is 4.79 Å². The van der Waals surface area contributed by atoms with E-state index in [2.05, 4.69) is 21.6 Å². The summed E-state index contributed by atoms with van der Waals surface area (Å²) >= 11 is 0. The second-order valence-electron chi connectivity index (χ2n) is 6.01. The van der Waals surface area contributed by atoms with Crippen molar-refractivity contribution in [1.82, 2.24) is 29.8 Å². The van der Waals surface area contributed by atoms with Crippen LogP contribution in [0.25, 0.3) is 0 Å². The standard InChI is InChI=1S/C18H22N6O/c1-22(12-15-10-21-23(2)13-15)18(25)19-11-16-6-3-4-7-17(16)14-24-9-5-8-20-24/h3-10,13H,11-12,14H2,1-2H3,(H,19,25). The highest BCUT2D eigenvalue weighted by molar-refractivity contribution is 5.73. The van der Waals surface area contributed by atoms with Gasteiger partial charge in [-0.15, -0.1) is 0 Å². The largest absolute Gasteiger partial charge is 0.334 e. The number of aromatic nitrogens is 4. The van der Waals surface area contributed by atoms with Crippen LogP contribution < -0.4 is 5.32 Å². The molecule has 1 aromatic carbocycles. The van der Waals surface area contributed by atoms with Gasteiger partial charge >= 0.3 is 6.03 Å². The van der Waals surface area contributed by atoms with Gasteiger partial charge in [0.1, 0.15) is 0 Å². The molecule has 2 aromatic heterocycles. The molecule has 3 aromatic rings. The Labute approximate surface area is 146 Å². The molecule has 0 saturated heterocycles. The van der Waals surface area contributed by atoms with Gasteiger partial charge in [0.25, 0.3) is 0 Å². The van der Waals surface area contributed by atoms with Gasteiger partial charge in [-0.3, -0.25) is 9.36 Å². The first-order chi connectivity index (χ1) is 12.1. The monoisotopic (exact) mass is 338 g/mol. The molecule has 0 radical (unpaired) electrons. The van der Waals surface area contributed by atoms with Crippen LogP contribution in [-0.4, -0.2) is 37.5 Å². The number of benzene rings is 1. The van der Waals surface area contributed by atoms with Crippen LogP contribution in [0.1, 0.15) is 16.7 Å². The molecule has 2 amide bonds. The fraction of sp³-hybridized carbons (Fsp3) is 0.278. The Hall–Kier alpha value is -3.09. The van der Waals surface area contributed by atoms with E-state index in [4.69, 9.17) is 0 Å². The normalized spacial score (nSPS) is 10.6. The lowest BCUT2D eigenvalue weighted by Gasteiger charge is -2.18. The smallest absolute Gasteiger partial charge is 0.317 e. The molecule has 0 aliphatic heterocycles. The number of amides is 2. The van der Waals surface area contributed by atoms with Crippen molar-refractivity contribution in [2.45, 2.75) is 19.6 Å². The average molecular weight is 338 g/mol. The minimum Gasteiger partial charge on any atom is -0.334 e. The summed E-state index contributed by atoms with van der Waals surface area (Å²) in [6.07, 6.45) is 7.36. The van der Waals surface area contributed by atoms with Crippen LogP contribution in [0.3, 0.4) is 0 Å². The number of carbonyl (C=O) groups is 1. The highest BCUT2D eigenvalue weighted by atomic mass is 16.2. The van der Waals surface area contributed by atoms with E-state index in [0.717, 1.165) is 16.7 Å². The Morgan fingerprint density at radius 3 is 2.68 bits per heavy atom. The lowest BCUT2D eigenvalue weighted by molar-refractivity contribution is 0.206. The van der Waals surface area contributed by atoms with Crippen molar-refractivity contribution in [2.24, 2.45) is 7.05 Å². The van der Waals surface area contributed by atoms with Crippen molar-refractivity contribution < 1.29 is 4.79 Å². The van der Waals surface area contributed by atoms with Gasteiger partial charge in [-0.25, -0.2) is 4.79 Å². The zero-order valence-corrected chi connectivity index (χ0v) is 14.5. The van der Waals surface area contributed by atoms with Gasteiger partial charge < -0.3 is 10.2 Å². The van der Waals surface area contributed by atoms with E-state index in [1.165, 1.54) is 0 Å². The lowest BCUT2D eigenvalue weighted by Crippen LogP contribution is -2.36. The quantitative estimate of drug-likeness (QED) is 0.747. The number of hydrogen-bond acceptors (Lipinski definition) is 3. The first-order valence-electron chi connectivity index (χ1n) is 8.12. The van der Waals surface area contributed by atoms with E-state index in [-0.39, 0.29) is 6.03 Å². The number of hydrogen-bond donors (Lipinski definition) is 1. The fourth-order valence-corrected chi connectivity index (χ4v) is 2.66. The molecule has 0 fully saturated rings. The van der Waals surface area contributed by atoms with Gasteiger partial charge in [0.15, 0.2) is 0 Å². The molecule has 0 aliphatic carbocycles. The van der Waals surface area contributed by atoms with E-state index in [1.54, 1.807) is 29.0 Å². The third-order valence-corrected chi connectivity index (χ3v) is 3.96. The van der Waals surface area contributed by atoms with Gasteiger partial charge in [-0.1, -0.05) is 24.3 Å². The summed E-state index contributed by atoms with van der Waals surface area (Å²) in [6.45, 7) is 1.69. The highest BCUT2D eigenvalue weighted by Gasteiger charge is 2.11. The second kappa shape index (κ2) is 7.65. The lowest BCUT2D eigenvalue weighted by atomic mass is 10.1. The van der Waals surface area contributed by atoms with E-state index >= 15 is 0 Å². The van der Waals surface area contributed by atoms with Gasteiger partial charge in [0.05, 0.1) is 19.3 Å². The minimum atomic E-state index is -0.113.